The third kappa shape index (κ3) is 10.5. The van der Waals surface area contributed by atoms with Crippen molar-refractivity contribution >= 4 is 0 Å². The van der Waals surface area contributed by atoms with Crippen molar-refractivity contribution in [3.8, 4) is 0 Å². The predicted octanol–water partition coefficient (Wildman–Crippen LogP) is 4.76. The van der Waals surface area contributed by atoms with Gasteiger partial charge in [0.15, 0.2) is 0 Å². The van der Waals surface area contributed by atoms with Crippen LogP contribution >= 0.6 is 0 Å². The second kappa shape index (κ2) is 10.1. The summed E-state index contributed by atoms with van der Waals surface area (Å²) in [5.41, 5.74) is 0.473. The van der Waals surface area contributed by atoms with E-state index in [0.29, 0.717) is 5.41 Å². The minimum Gasteiger partial charge on any atom is -0.316 e. The Morgan fingerprint density at radius 1 is 0.812 bits per heavy atom. The zero-order chi connectivity index (χ0) is 12.3. The maximum Gasteiger partial charge on any atom is 0.000241 e. The van der Waals surface area contributed by atoms with E-state index in [0.717, 1.165) is 0 Å². The molecule has 0 heterocycles. The highest BCUT2D eigenvalue weighted by Crippen LogP contribution is 2.17. The van der Waals surface area contributed by atoms with Crippen LogP contribution < -0.4 is 5.32 Å². The summed E-state index contributed by atoms with van der Waals surface area (Å²) in [4.78, 5) is 0. The van der Waals surface area contributed by atoms with Crippen molar-refractivity contribution in [1.82, 2.24) is 5.32 Å². The smallest absolute Gasteiger partial charge is 0.000241 e. The highest BCUT2D eigenvalue weighted by molar-refractivity contribution is 4.68. The van der Waals surface area contributed by atoms with Crippen molar-refractivity contribution in [1.29, 1.82) is 0 Å². The zero-order valence-electron chi connectivity index (χ0n) is 12.1. The molecule has 0 aliphatic carbocycles. The first kappa shape index (κ1) is 16.0. The lowest BCUT2D eigenvalue weighted by Crippen LogP contribution is -2.29. The topological polar surface area (TPSA) is 12.0 Å². The maximum atomic E-state index is 3.58. The van der Waals surface area contributed by atoms with Crippen molar-refractivity contribution < 1.29 is 0 Å². The third-order valence-corrected chi connectivity index (χ3v) is 3.52. The van der Waals surface area contributed by atoms with Crippen LogP contribution in [0.3, 0.4) is 0 Å². The molecule has 0 fully saturated rings. The fraction of sp³-hybridized carbons (Fsp3) is 1.00. The number of nitrogens with one attached hydrogen (secondary N) is 1. The molecule has 0 rings (SSSR count). The van der Waals surface area contributed by atoms with E-state index in [1.165, 1.54) is 64.5 Å². The van der Waals surface area contributed by atoms with Gasteiger partial charge in [-0.2, -0.15) is 0 Å². The van der Waals surface area contributed by atoms with Crippen molar-refractivity contribution in [2.45, 2.75) is 79.1 Å². The predicted molar refractivity (Wildman–Crippen MR) is 74.9 cm³/mol. The van der Waals surface area contributed by atoms with Crippen molar-refractivity contribution in [3.05, 3.63) is 0 Å². The summed E-state index contributed by atoms with van der Waals surface area (Å²) in [5, 5.41) is 3.58. The van der Waals surface area contributed by atoms with Crippen LogP contribution in [0.2, 0.25) is 0 Å². The highest BCUT2D eigenvalue weighted by atomic mass is 14.9. The summed E-state index contributed by atoms with van der Waals surface area (Å²) in [7, 11) is 0. The number of unbranched alkanes of at least 4 members (excludes halogenated alkanes) is 6. The minimum atomic E-state index is 0.473. The van der Waals surface area contributed by atoms with E-state index in [9.17, 15) is 0 Å². The van der Waals surface area contributed by atoms with E-state index in [1.807, 2.05) is 0 Å². The van der Waals surface area contributed by atoms with Gasteiger partial charge >= 0.3 is 0 Å². The van der Waals surface area contributed by atoms with Gasteiger partial charge < -0.3 is 5.32 Å². The Kier molecular flexibility index (Phi) is 10.1. The van der Waals surface area contributed by atoms with Gasteiger partial charge in [-0.3, -0.25) is 0 Å². The van der Waals surface area contributed by atoms with E-state index in [-0.39, 0.29) is 0 Å². The van der Waals surface area contributed by atoms with E-state index in [1.54, 1.807) is 0 Å². The second-order valence-corrected chi connectivity index (χ2v) is 5.82. The molecule has 1 N–H and O–H groups in total. The molecule has 1 nitrogen and oxygen atoms in total. The third-order valence-electron chi connectivity index (χ3n) is 3.52. The Labute approximate surface area is 103 Å². The highest BCUT2D eigenvalue weighted by Gasteiger charge is 2.13. The molecule has 98 valence electrons. The minimum absolute atomic E-state index is 0.473. The molecule has 0 saturated heterocycles. The van der Waals surface area contributed by atoms with Crippen molar-refractivity contribution in [2.24, 2.45) is 5.41 Å². The Balaban J connectivity index is 3.10. The molecule has 0 aliphatic rings. The Hall–Kier alpha value is -0.0400. The van der Waals surface area contributed by atoms with Crippen LogP contribution in [0.4, 0.5) is 0 Å². The molecule has 0 aromatic heterocycles. The van der Waals surface area contributed by atoms with E-state index < -0.39 is 0 Å². The average Bonchev–Trinajstić information content (AvgIpc) is 2.27. The Morgan fingerprint density at radius 3 is 1.94 bits per heavy atom. The molecule has 16 heavy (non-hydrogen) atoms. The van der Waals surface area contributed by atoms with Crippen LogP contribution in [0.15, 0.2) is 0 Å². The summed E-state index contributed by atoms with van der Waals surface area (Å²) in [6, 6.07) is 0. The largest absolute Gasteiger partial charge is 0.316 e. The summed E-state index contributed by atoms with van der Waals surface area (Å²) in [6.45, 7) is 11.6. The van der Waals surface area contributed by atoms with Crippen LogP contribution in [-0.2, 0) is 0 Å². The number of hydrogen-bond acceptors (Lipinski definition) is 1. The molecule has 0 bridgehead atoms. The summed E-state index contributed by atoms with van der Waals surface area (Å²) in [6.07, 6.45) is 11.1. The van der Waals surface area contributed by atoms with Crippen LogP contribution in [-0.4, -0.2) is 13.1 Å². The zero-order valence-corrected chi connectivity index (χ0v) is 12.1. The molecule has 0 aliphatic heterocycles. The summed E-state index contributed by atoms with van der Waals surface area (Å²) in [5.74, 6) is 0. The average molecular weight is 227 g/mol. The number of hydrogen-bond donors (Lipinski definition) is 1. The van der Waals surface area contributed by atoms with Gasteiger partial charge in [0.1, 0.15) is 0 Å². The molecule has 0 radical (unpaired) electrons. The quantitative estimate of drug-likeness (QED) is 0.502. The van der Waals surface area contributed by atoms with Crippen LogP contribution in [0.1, 0.15) is 79.1 Å². The first-order valence-electron chi connectivity index (χ1n) is 7.33. The van der Waals surface area contributed by atoms with E-state index >= 15 is 0 Å². The Morgan fingerprint density at radius 2 is 1.38 bits per heavy atom. The monoisotopic (exact) mass is 227 g/mol. The summed E-state index contributed by atoms with van der Waals surface area (Å²) >= 11 is 0. The molecule has 0 aromatic carbocycles. The first-order chi connectivity index (χ1) is 7.62. The number of rotatable bonds is 11. The molecule has 0 unspecified atom stereocenters. The maximum absolute atomic E-state index is 3.58. The van der Waals surface area contributed by atoms with Crippen molar-refractivity contribution in [3.63, 3.8) is 0 Å². The van der Waals surface area contributed by atoms with Crippen LogP contribution in [0.5, 0.6) is 0 Å². The molecule has 0 aromatic rings. The lowest BCUT2D eigenvalue weighted by molar-refractivity contribution is 0.327. The molecular weight excluding hydrogens is 194 g/mol. The molecule has 1 heteroatoms. The van der Waals surface area contributed by atoms with Crippen molar-refractivity contribution in [2.75, 3.05) is 13.1 Å². The standard InChI is InChI=1S/C15H33N/c1-5-7-8-9-10-11-12-13-16-14-15(3,4)6-2/h16H,5-14H2,1-4H3. The van der Waals surface area contributed by atoms with Gasteiger partial charge in [0.2, 0.25) is 0 Å². The Bertz CT molecular complexity index is 140. The van der Waals surface area contributed by atoms with Gasteiger partial charge in [-0.15, -0.1) is 0 Å². The lowest BCUT2D eigenvalue weighted by atomic mass is 9.90. The molecule has 0 saturated carbocycles. The van der Waals surface area contributed by atoms with Crippen LogP contribution in [0, 0.1) is 5.41 Å². The molecular formula is C15H33N. The molecule has 0 atom stereocenters. The normalized spacial score (nSPS) is 12.0. The van der Waals surface area contributed by atoms with Gasteiger partial charge in [-0.25, -0.2) is 0 Å². The fourth-order valence-corrected chi connectivity index (χ4v) is 1.76. The van der Waals surface area contributed by atoms with E-state index in [2.05, 4.69) is 33.0 Å². The van der Waals surface area contributed by atoms with Crippen LogP contribution in [0.25, 0.3) is 0 Å². The SMILES string of the molecule is CCCCCCCCCNCC(C)(C)CC. The van der Waals surface area contributed by atoms with Gasteiger partial charge in [0.25, 0.3) is 0 Å². The van der Waals surface area contributed by atoms with Gasteiger partial charge in [-0.1, -0.05) is 66.2 Å². The van der Waals surface area contributed by atoms with Gasteiger partial charge in [0, 0.05) is 6.54 Å². The molecule has 0 spiro atoms. The first-order valence-corrected chi connectivity index (χ1v) is 7.33. The van der Waals surface area contributed by atoms with Gasteiger partial charge in [-0.05, 0) is 24.8 Å². The summed E-state index contributed by atoms with van der Waals surface area (Å²) < 4.78 is 0. The molecule has 0 amide bonds. The fourth-order valence-electron chi connectivity index (χ4n) is 1.76. The second-order valence-electron chi connectivity index (χ2n) is 5.82. The van der Waals surface area contributed by atoms with E-state index in [4.69, 9.17) is 0 Å². The van der Waals surface area contributed by atoms with Gasteiger partial charge in [0.05, 0.1) is 0 Å². The lowest BCUT2D eigenvalue weighted by Gasteiger charge is -2.22.